The maximum atomic E-state index is 13.4. The number of rotatable bonds is 5. The number of aromatic nitrogens is 3. The average Bonchev–Trinajstić information content (AvgIpc) is 2.55. The number of anilines is 2. The molecular formula is C15H17F8N5O. The maximum absolute atomic E-state index is 13.4. The SMILES string of the molecule is CC(Nc1nc(N[C@H](C)C(F)(F)F)nc(C2=CC(O)C(F)(F)CC2)n1)C(F)(F)F. The van der Waals surface area contributed by atoms with Gasteiger partial charge in [-0.1, -0.05) is 0 Å². The summed E-state index contributed by atoms with van der Waals surface area (Å²) in [6, 6.07) is -4.30. The molecule has 1 heterocycles. The first kappa shape index (κ1) is 23.0. The molecule has 1 aromatic heterocycles. The highest BCUT2D eigenvalue weighted by Crippen LogP contribution is 2.36. The fourth-order valence-electron chi connectivity index (χ4n) is 2.23. The third-order valence-corrected chi connectivity index (χ3v) is 4.12. The molecule has 0 aliphatic heterocycles. The molecule has 0 radical (unpaired) electrons. The van der Waals surface area contributed by atoms with Gasteiger partial charge in [-0.05, 0) is 31.9 Å². The molecule has 0 spiro atoms. The van der Waals surface area contributed by atoms with Crippen LogP contribution in [0.2, 0.25) is 0 Å². The van der Waals surface area contributed by atoms with Crippen LogP contribution in [0.3, 0.4) is 0 Å². The Morgan fingerprint density at radius 2 is 1.41 bits per heavy atom. The Bertz CT molecular complexity index is 724. The first-order chi connectivity index (χ1) is 13.1. The summed E-state index contributed by atoms with van der Waals surface area (Å²) in [4.78, 5) is 10.9. The monoisotopic (exact) mass is 435 g/mol. The summed E-state index contributed by atoms with van der Waals surface area (Å²) in [5.41, 5.74) is -0.0590. The van der Waals surface area contributed by atoms with Crippen LogP contribution in [0.4, 0.5) is 47.0 Å². The van der Waals surface area contributed by atoms with E-state index >= 15 is 0 Å². The van der Waals surface area contributed by atoms with E-state index in [2.05, 4.69) is 15.0 Å². The van der Waals surface area contributed by atoms with E-state index in [1.54, 1.807) is 0 Å². The Balaban J connectivity index is 2.42. The van der Waals surface area contributed by atoms with Crippen molar-refractivity contribution in [2.75, 3.05) is 10.6 Å². The van der Waals surface area contributed by atoms with Gasteiger partial charge in [0.05, 0.1) is 0 Å². The van der Waals surface area contributed by atoms with Crippen LogP contribution < -0.4 is 10.6 Å². The number of hydrogen-bond acceptors (Lipinski definition) is 6. The summed E-state index contributed by atoms with van der Waals surface area (Å²) >= 11 is 0. The van der Waals surface area contributed by atoms with Gasteiger partial charge in [0.1, 0.15) is 18.2 Å². The summed E-state index contributed by atoms with van der Waals surface area (Å²) in [7, 11) is 0. The number of aliphatic hydroxyl groups is 1. The lowest BCUT2D eigenvalue weighted by atomic mass is 9.93. The maximum Gasteiger partial charge on any atom is 0.408 e. The zero-order chi connectivity index (χ0) is 22.2. The van der Waals surface area contributed by atoms with Crippen LogP contribution in [0.25, 0.3) is 5.57 Å². The molecule has 0 saturated heterocycles. The molecule has 3 N–H and O–H groups in total. The van der Waals surface area contributed by atoms with Gasteiger partial charge in [-0.25, -0.2) is 8.78 Å². The minimum atomic E-state index is -4.71. The van der Waals surface area contributed by atoms with Gasteiger partial charge in [0, 0.05) is 6.42 Å². The number of nitrogens with zero attached hydrogens (tertiary/aromatic N) is 3. The first-order valence-electron chi connectivity index (χ1n) is 8.29. The molecule has 0 fully saturated rings. The highest BCUT2D eigenvalue weighted by Gasteiger charge is 2.41. The van der Waals surface area contributed by atoms with E-state index in [4.69, 9.17) is 0 Å². The predicted octanol–water partition coefficient (Wildman–Crippen LogP) is 3.77. The topological polar surface area (TPSA) is 83.0 Å². The lowest BCUT2D eigenvalue weighted by Crippen LogP contribution is -2.36. The van der Waals surface area contributed by atoms with Crippen molar-refractivity contribution in [3.63, 3.8) is 0 Å². The smallest absolute Gasteiger partial charge is 0.383 e. The molecular weight excluding hydrogens is 418 g/mol. The van der Waals surface area contributed by atoms with Gasteiger partial charge in [0.2, 0.25) is 11.9 Å². The van der Waals surface area contributed by atoms with Crippen LogP contribution in [-0.4, -0.2) is 56.5 Å². The van der Waals surface area contributed by atoms with E-state index in [0.29, 0.717) is 6.08 Å². The molecule has 164 valence electrons. The molecule has 1 aromatic rings. The zero-order valence-electron chi connectivity index (χ0n) is 15.0. The lowest BCUT2D eigenvalue weighted by Gasteiger charge is -2.26. The molecule has 0 bridgehead atoms. The third kappa shape index (κ3) is 5.87. The molecule has 3 atom stereocenters. The van der Waals surface area contributed by atoms with E-state index in [1.807, 2.05) is 10.6 Å². The summed E-state index contributed by atoms with van der Waals surface area (Å²) < 4.78 is 103. The van der Waals surface area contributed by atoms with Crippen LogP contribution >= 0.6 is 0 Å². The molecule has 0 amide bonds. The second kappa shape index (κ2) is 7.88. The quantitative estimate of drug-likeness (QED) is 0.611. The first-order valence-corrected chi connectivity index (χ1v) is 8.29. The fourth-order valence-corrected chi connectivity index (χ4v) is 2.23. The normalized spacial score (nSPS) is 21.9. The Morgan fingerprint density at radius 1 is 0.966 bits per heavy atom. The Morgan fingerprint density at radius 3 is 1.79 bits per heavy atom. The van der Waals surface area contributed by atoms with Crippen LogP contribution in [0.5, 0.6) is 0 Å². The number of alkyl halides is 8. The summed E-state index contributed by atoms with van der Waals surface area (Å²) in [5, 5.41) is 13.3. The number of hydrogen-bond donors (Lipinski definition) is 3. The molecule has 0 saturated carbocycles. The van der Waals surface area contributed by atoms with Gasteiger partial charge in [-0.2, -0.15) is 41.3 Å². The van der Waals surface area contributed by atoms with Gasteiger partial charge in [0.25, 0.3) is 5.92 Å². The molecule has 29 heavy (non-hydrogen) atoms. The minimum Gasteiger partial charge on any atom is -0.383 e. The molecule has 1 aliphatic carbocycles. The van der Waals surface area contributed by atoms with Gasteiger partial charge in [-0.15, -0.1) is 0 Å². The molecule has 2 unspecified atom stereocenters. The van der Waals surface area contributed by atoms with Gasteiger partial charge < -0.3 is 15.7 Å². The van der Waals surface area contributed by atoms with Crippen molar-refractivity contribution >= 4 is 17.5 Å². The van der Waals surface area contributed by atoms with Crippen molar-refractivity contribution in [2.24, 2.45) is 0 Å². The zero-order valence-corrected chi connectivity index (χ0v) is 15.0. The Labute approximate surface area is 159 Å². The van der Waals surface area contributed by atoms with Crippen LogP contribution in [-0.2, 0) is 0 Å². The summed E-state index contributed by atoms with van der Waals surface area (Å²) in [5.74, 6) is -5.26. The second-order valence-corrected chi connectivity index (χ2v) is 6.52. The highest BCUT2D eigenvalue weighted by molar-refractivity contribution is 5.63. The van der Waals surface area contributed by atoms with Crippen molar-refractivity contribution in [1.82, 2.24) is 15.0 Å². The lowest BCUT2D eigenvalue weighted by molar-refractivity contribution is -0.139. The Kier molecular flexibility index (Phi) is 6.26. The minimum absolute atomic E-state index is 0.0590. The second-order valence-electron chi connectivity index (χ2n) is 6.52. The van der Waals surface area contributed by atoms with Crippen LogP contribution in [0.15, 0.2) is 6.08 Å². The van der Waals surface area contributed by atoms with E-state index in [1.165, 1.54) is 0 Å². The number of allylic oxidation sites excluding steroid dienone is 1. The van der Waals surface area contributed by atoms with Gasteiger partial charge in [-0.3, -0.25) is 0 Å². The highest BCUT2D eigenvalue weighted by atomic mass is 19.4. The van der Waals surface area contributed by atoms with Crippen LogP contribution in [0.1, 0.15) is 32.5 Å². The predicted molar refractivity (Wildman–Crippen MR) is 86.3 cm³/mol. The van der Waals surface area contributed by atoms with E-state index < -0.39 is 60.6 Å². The van der Waals surface area contributed by atoms with E-state index in [0.717, 1.165) is 13.8 Å². The van der Waals surface area contributed by atoms with Crippen molar-refractivity contribution in [1.29, 1.82) is 0 Å². The third-order valence-electron chi connectivity index (χ3n) is 4.12. The van der Waals surface area contributed by atoms with Crippen LogP contribution in [0, 0.1) is 0 Å². The molecule has 6 nitrogen and oxygen atoms in total. The number of halogens is 8. The molecule has 14 heteroatoms. The Hall–Kier alpha value is -2.25. The van der Waals surface area contributed by atoms with Crippen molar-refractivity contribution in [3.05, 3.63) is 11.9 Å². The van der Waals surface area contributed by atoms with E-state index in [-0.39, 0.29) is 12.0 Å². The fraction of sp³-hybridized carbons (Fsp3) is 0.667. The number of nitrogens with one attached hydrogen (secondary N) is 2. The standard InChI is InChI=1S/C15H17F8N5O/c1-6(14(18,19)20)24-11-26-10(8-3-4-13(16,17)9(29)5-8)27-12(28-11)25-7(2)15(21,22)23/h5-7,9,29H,3-4H2,1-2H3,(H2,24,25,26,27,28)/t6-,7?,9?/m1/s1. The van der Waals surface area contributed by atoms with E-state index in [9.17, 15) is 40.2 Å². The van der Waals surface area contributed by atoms with Gasteiger partial charge >= 0.3 is 12.4 Å². The van der Waals surface area contributed by atoms with Crippen molar-refractivity contribution in [2.45, 2.75) is 63.2 Å². The summed E-state index contributed by atoms with van der Waals surface area (Å²) in [6.07, 6.45) is -12.0. The summed E-state index contributed by atoms with van der Waals surface area (Å²) in [6.45, 7) is 1.47. The van der Waals surface area contributed by atoms with Gasteiger partial charge in [0.15, 0.2) is 5.82 Å². The molecule has 0 aromatic carbocycles. The molecule has 1 aliphatic rings. The van der Waals surface area contributed by atoms with Crippen molar-refractivity contribution in [3.8, 4) is 0 Å². The largest absolute Gasteiger partial charge is 0.408 e. The number of aliphatic hydroxyl groups excluding tert-OH is 1. The molecule has 2 rings (SSSR count). The average molecular weight is 435 g/mol. The van der Waals surface area contributed by atoms with Crippen molar-refractivity contribution < 1.29 is 40.2 Å².